The second-order valence-corrected chi connectivity index (χ2v) is 9.82. The molecule has 0 unspecified atom stereocenters. The standard InChI is InChI=1S/C28H27N5O3.ClH/c1-17-11-18(3-7-23(17)28(9-10-28)27(34)35)19-4-8-24(30-13-19)22-15-31-33(2)25(22)12-20-14-29-16-26(32-20)36-21-5-6-21;/h3-4,7-8,11,13-16,21H,5-6,9-10,12H2,1-2H3,(H,34,35);1H. The molecule has 37 heavy (non-hydrogen) atoms. The minimum atomic E-state index is -0.732. The van der Waals surface area contributed by atoms with E-state index in [-0.39, 0.29) is 18.5 Å². The monoisotopic (exact) mass is 517 g/mol. The van der Waals surface area contributed by atoms with Gasteiger partial charge in [-0.15, -0.1) is 12.4 Å². The van der Waals surface area contributed by atoms with E-state index in [2.05, 4.69) is 21.1 Å². The van der Waals surface area contributed by atoms with Gasteiger partial charge in [0.25, 0.3) is 0 Å². The zero-order valence-corrected chi connectivity index (χ0v) is 21.5. The van der Waals surface area contributed by atoms with E-state index >= 15 is 0 Å². The topological polar surface area (TPSA) is 103 Å². The maximum atomic E-state index is 11.7. The molecule has 6 rings (SSSR count). The first-order valence-corrected chi connectivity index (χ1v) is 12.2. The van der Waals surface area contributed by atoms with Crippen molar-refractivity contribution in [1.82, 2.24) is 24.7 Å². The van der Waals surface area contributed by atoms with Gasteiger partial charge in [-0.25, -0.2) is 4.98 Å². The highest BCUT2D eigenvalue weighted by atomic mass is 35.5. The Morgan fingerprint density at radius 3 is 2.54 bits per heavy atom. The van der Waals surface area contributed by atoms with Gasteiger partial charge in [0.05, 0.1) is 34.9 Å². The van der Waals surface area contributed by atoms with Crippen LogP contribution in [0.4, 0.5) is 0 Å². The number of aromatic nitrogens is 5. The van der Waals surface area contributed by atoms with Gasteiger partial charge in [-0.2, -0.15) is 5.10 Å². The highest BCUT2D eigenvalue weighted by Gasteiger charge is 2.52. The summed E-state index contributed by atoms with van der Waals surface area (Å²) in [4.78, 5) is 25.4. The number of carboxylic acids is 1. The average molecular weight is 518 g/mol. The molecule has 0 spiro atoms. The normalized spacial score (nSPS) is 15.6. The van der Waals surface area contributed by atoms with Crippen molar-refractivity contribution in [3.8, 4) is 28.3 Å². The van der Waals surface area contributed by atoms with Crippen LogP contribution in [0.1, 0.15) is 48.2 Å². The average Bonchev–Trinajstić information content (AvgIpc) is 3.80. The first kappa shape index (κ1) is 24.9. The Balaban J connectivity index is 0.00000280. The molecule has 2 fully saturated rings. The maximum absolute atomic E-state index is 11.7. The van der Waals surface area contributed by atoms with Crippen molar-refractivity contribution >= 4 is 18.4 Å². The quantitative estimate of drug-likeness (QED) is 0.354. The zero-order valence-electron chi connectivity index (χ0n) is 20.7. The van der Waals surface area contributed by atoms with Crippen LogP contribution in [0.15, 0.2) is 55.1 Å². The van der Waals surface area contributed by atoms with Gasteiger partial charge in [-0.3, -0.25) is 19.4 Å². The van der Waals surface area contributed by atoms with E-state index in [0.717, 1.165) is 57.7 Å². The molecule has 8 nitrogen and oxygen atoms in total. The van der Waals surface area contributed by atoms with Crippen LogP contribution >= 0.6 is 12.4 Å². The van der Waals surface area contributed by atoms with Crippen LogP contribution in [0.5, 0.6) is 5.88 Å². The summed E-state index contributed by atoms with van der Waals surface area (Å²) in [6.45, 7) is 1.99. The number of aliphatic carboxylic acids is 1. The van der Waals surface area contributed by atoms with E-state index in [1.165, 1.54) is 0 Å². The molecule has 9 heteroatoms. The fraction of sp³-hybridized carbons (Fsp3) is 0.321. The van der Waals surface area contributed by atoms with Crippen molar-refractivity contribution in [2.24, 2.45) is 7.05 Å². The van der Waals surface area contributed by atoms with E-state index in [9.17, 15) is 9.90 Å². The van der Waals surface area contributed by atoms with Crippen molar-refractivity contribution in [3.63, 3.8) is 0 Å². The molecule has 0 radical (unpaired) electrons. The smallest absolute Gasteiger partial charge is 0.314 e. The summed E-state index contributed by atoms with van der Waals surface area (Å²) < 4.78 is 7.64. The summed E-state index contributed by atoms with van der Waals surface area (Å²) in [6, 6.07) is 10.0. The van der Waals surface area contributed by atoms with Gasteiger partial charge in [0.1, 0.15) is 6.10 Å². The van der Waals surface area contributed by atoms with E-state index < -0.39 is 11.4 Å². The van der Waals surface area contributed by atoms with Crippen molar-refractivity contribution in [3.05, 3.63) is 77.6 Å². The van der Waals surface area contributed by atoms with Crippen molar-refractivity contribution in [1.29, 1.82) is 0 Å². The summed E-state index contributed by atoms with van der Waals surface area (Å²) >= 11 is 0. The van der Waals surface area contributed by atoms with Crippen molar-refractivity contribution < 1.29 is 14.6 Å². The van der Waals surface area contributed by atoms with E-state index in [0.29, 0.717) is 25.1 Å². The first-order chi connectivity index (χ1) is 17.4. The second kappa shape index (κ2) is 9.59. The lowest BCUT2D eigenvalue weighted by molar-refractivity contribution is -0.140. The summed E-state index contributed by atoms with van der Waals surface area (Å²) in [6.07, 6.45) is 11.5. The molecule has 1 N–H and O–H groups in total. The Bertz CT molecular complexity index is 1460. The third-order valence-corrected chi connectivity index (χ3v) is 7.16. The van der Waals surface area contributed by atoms with Crippen LogP contribution in [0, 0.1) is 6.92 Å². The first-order valence-electron chi connectivity index (χ1n) is 12.2. The van der Waals surface area contributed by atoms with E-state index in [1.807, 2.05) is 55.3 Å². The van der Waals surface area contributed by atoms with Crippen LogP contribution in [0.25, 0.3) is 22.4 Å². The minimum Gasteiger partial charge on any atom is -0.481 e. The highest BCUT2D eigenvalue weighted by molar-refractivity contribution is 5.86. The largest absolute Gasteiger partial charge is 0.481 e. The zero-order chi connectivity index (χ0) is 24.9. The third kappa shape index (κ3) is 4.81. The molecule has 0 saturated heterocycles. The Hall–Kier alpha value is -3.78. The molecule has 0 bridgehead atoms. The molecular weight excluding hydrogens is 490 g/mol. The Labute approximate surface area is 221 Å². The molecule has 4 aromatic rings. The molecule has 2 aliphatic rings. The van der Waals surface area contributed by atoms with Crippen LogP contribution < -0.4 is 4.74 Å². The predicted molar refractivity (Wildman–Crippen MR) is 141 cm³/mol. The Kier molecular flexibility index (Phi) is 6.45. The molecule has 3 heterocycles. The SMILES string of the molecule is Cc1cc(-c2ccc(-c3cnn(C)c3Cc3cncc(OC4CC4)n3)nc2)ccc1C1(C(=O)O)CC1.Cl. The van der Waals surface area contributed by atoms with Gasteiger partial charge in [0.15, 0.2) is 0 Å². The Morgan fingerprint density at radius 2 is 1.89 bits per heavy atom. The molecule has 0 aliphatic heterocycles. The molecule has 3 aromatic heterocycles. The van der Waals surface area contributed by atoms with Crippen molar-refractivity contribution in [2.75, 3.05) is 0 Å². The maximum Gasteiger partial charge on any atom is 0.314 e. The lowest BCUT2D eigenvalue weighted by Gasteiger charge is -2.15. The minimum absolute atomic E-state index is 0. The Morgan fingerprint density at radius 1 is 1.11 bits per heavy atom. The number of nitrogens with zero attached hydrogens (tertiary/aromatic N) is 5. The van der Waals surface area contributed by atoms with Gasteiger partial charge >= 0.3 is 5.97 Å². The number of carboxylic acid groups (broad SMARTS) is 1. The highest BCUT2D eigenvalue weighted by Crippen LogP contribution is 2.50. The molecular formula is C28H28ClN5O3. The fourth-order valence-electron chi connectivity index (χ4n) is 4.77. The van der Waals surface area contributed by atoms with Crippen LogP contribution in [0.2, 0.25) is 0 Å². The van der Waals surface area contributed by atoms with Crippen LogP contribution in [0.3, 0.4) is 0 Å². The van der Waals surface area contributed by atoms with Crippen LogP contribution in [-0.2, 0) is 23.7 Å². The van der Waals surface area contributed by atoms with Gasteiger partial charge in [0.2, 0.25) is 5.88 Å². The fourth-order valence-corrected chi connectivity index (χ4v) is 4.77. The summed E-state index contributed by atoms with van der Waals surface area (Å²) in [5.74, 6) is -0.164. The third-order valence-electron chi connectivity index (χ3n) is 7.16. The van der Waals surface area contributed by atoms with E-state index in [1.54, 1.807) is 12.4 Å². The number of aryl methyl sites for hydroxylation is 2. The van der Waals surface area contributed by atoms with Gasteiger partial charge in [0, 0.05) is 37.0 Å². The van der Waals surface area contributed by atoms with E-state index in [4.69, 9.17) is 9.72 Å². The number of hydrogen-bond donors (Lipinski definition) is 1. The molecule has 1 aromatic carbocycles. The summed E-state index contributed by atoms with van der Waals surface area (Å²) in [5.41, 5.74) is 6.81. The molecule has 0 atom stereocenters. The van der Waals surface area contributed by atoms with Gasteiger partial charge < -0.3 is 9.84 Å². The van der Waals surface area contributed by atoms with Crippen molar-refractivity contribution in [2.45, 2.75) is 50.5 Å². The van der Waals surface area contributed by atoms with Gasteiger partial charge in [-0.05, 0) is 55.4 Å². The number of hydrogen-bond acceptors (Lipinski definition) is 6. The molecule has 190 valence electrons. The lowest BCUT2D eigenvalue weighted by Crippen LogP contribution is -2.20. The number of pyridine rings is 1. The number of carbonyl (C=O) groups is 1. The molecule has 0 amide bonds. The number of benzene rings is 1. The van der Waals surface area contributed by atoms with Crippen LogP contribution in [-0.4, -0.2) is 41.9 Å². The number of rotatable bonds is 8. The molecule has 2 aliphatic carbocycles. The summed E-state index contributed by atoms with van der Waals surface area (Å²) in [5, 5.41) is 14.1. The lowest BCUT2D eigenvalue weighted by atomic mass is 9.90. The second-order valence-electron chi connectivity index (χ2n) is 9.82. The number of ether oxygens (including phenoxy) is 1. The molecule has 2 saturated carbocycles. The summed E-state index contributed by atoms with van der Waals surface area (Å²) in [7, 11) is 1.92. The van der Waals surface area contributed by atoms with Gasteiger partial charge in [-0.1, -0.05) is 24.3 Å². The number of halogens is 1. The predicted octanol–water partition coefficient (Wildman–Crippen LogP) is 4.92.